The maximum Gasteiger partial charge on any atom is 0.272 e. The van der Waals surface area contributed by atoms with Crippen molar-refractivity contribution < 1.29 is 4.79 Å². The topological polar surface area (TPSA) is 57.0 Å². The van der Waals surface area contributed by atoms with Crippen LogP contribution >= 0.6 is 11.8 Å². The fourth-order valence-electron chi connectivity index (χ4n) is 1.95. The zero-order valence-corrected chi connectivity index (χ0v) is 11.3. The van der Waals surface area contributed by atoms with Crippen LogP contribution in [0, 0.1) is 11.3 Å². The van der Waals surface area contributed by atoms with Crippen molar-refractivity contribution in [1.82, 2.24) is 9.88 Å². The normalized spacial score (nSPS) is 23.5. The molecule has 18 heavy (non-hydrogen) atoms. The number of amides is 1. The van der Waals surface area contributed by atoms with E-state index >= 15 is 0 Å². The Morgan fingerprint density at radius 2 is 2.33 bits per heavy atom. The Hall–Kier alpha value is -1.54. The van der Waals surface area contributed by atoms with Gasteiger partial charge in [-0.15, -0.1) is 0 Å². The second-order valence-corrected chi connectivity index (χ2v) is 5.84. The second-order valence-electron chi connectivity index (χ2n) is 4.36. The molecule has 0 spiro atoms. The molecule has 1 fully saturated rings. The van der Waals surface area contributed by atoms with Crippen LogP contribution in [-0.4, -0.2) is 39.4 Å². The number of rotatable bonds is 1. The first-order valence-electron chi connectivity index (χ1n) is 5.92. The van der Waals surface area contributed by atoms with Gasteiger partial charge in [0.1, 0.15) is 11.8 Å². The molecule has 4 nitrogen and oxygen atoms in total. The van der Waals surface area contributed by atoms with Crippen LogP contribution in [0.3, 0.4) is 0 Å². The van der Waals surface area contributed by atoms with Gasteiger partial charge in [-0.1, -0.05) is 6.92 Å². The molecule has 5 heteroatoms. The highest BCUT2D eigenvalue weighted by atomic mass is 32.2. The summed E-state index contributed by atoms with van der Waals surface area (Å²) in [5, 5.41) is 9.15. The van der Waals surface area contributed by atoms with Crippen LogP contribution in [0.4, 0.5) is 0 Å². The highest BCUT2D eigenvalue weighted by Gasteiger charge is 2.29. The first-order chi connectivity index (χ1) is 8.63. The maximum absolute atomic E-state index is 12.3. The summed E-state index contributed by atoms with van der Waals surface area (Å²) in [4.78, 5) is 18.3. The third-order valence-corrected chi connectivity index (χ3v) is 4.59. The van der Waals surface area contributed by atoms with E-state index in [0.29, 0.717) is 16.5 Å². The van der Waals surface area contributed by atoms with E-state index in [-0.39, 0.29) is 11.9 Å². The van der Waals surface area contributed by atoms with Gasteiger partial charge in [-0.3, -0.25) is 4.79 Å². The molecule has 94 valence electrons. The average Bonchev–Trinajstić information content (AvgIpc) is 2.41. The van der Waals surface area contributed by atoms with Crippen LogP contribution in [-0.2, 0) is 0 Å². The van der Waals surface area contributed by atoms with E-state index in [4.69, 9.17) is 5.26 Å². The highest BCUT2D eigenvalue weighted by molar-refractivity contribution is 8.00. The van der Waals surface area contributed by atoms with Crippen molar-refractivity contribution in [3.8, 4) is 6.07 Å². The highest BCUT2D eigenvalue weighted by Crippen LogP contribution is 2.25. The van der Waals surface area contributed by atoms with Gasteiger partial charge in [0.25, 0.3) is 5.91 Å². The molecule has 1 aromatic heterocycles. The fourth-order valence-corrected chi connectivity index (χ4v) is 3.05. The largest absolute Gasteiger partial charge is 0.333 e. The van der Waals surface area contributed by atoms with Crippen LogP contribution in [0.2, 0.25) is 0 Å². The number of carbonyl (C=O) groups excluding carboxylic acids is 1. The molecule has 2 rings (SSSR count). The standard InChI is InChI=1S/C13H15N3OS/c1-9-10(2)18-6-5-16(9)13(17)12-4-3-11(7-14)8-15-12/h3-4,8-10H,5-6H2,1-2H3. The molecule has 1 amide bonds. The van der Waals surface area contributed by atoms with Gasteiger partial charge >= 0.3 is 0 Å². The molecule has 2 heterocycles. The van der Waals surface area contributed by atoms with Crippen LogP contribution in [0.15, 0.2) is 18.3 Å². The molecule has 1 aromatic rings. The van der Waals surface area contributed by atoms with Crippen molar-refractivity contribution in [2.75, 3.05) is 12.3 Å². The molecule has 0 aliphatic carbocycles. The van der Waals surface area contributed by atoms with E-state index < -0.39 is 0 Å². The molecule has 2 unspecified atom stereocenters. The Bertz CT molecular complexity index is 480. The summed E-state index contributed by atoms with van der Waals surface area (Å²) in [5.41, 5.74) is 0.891. The number of carbonyl (C=O) groups is 1. The van der Waals surface area contributed by atoms with Crippen molar-refractivity contribution in [2.24, 2.45) is 0 Å². The Labute approximate surface area is 111 Å². The number of nitriles is 1. The van der Waals surface area contributed by atoms with Gasteiger partial charge in [0.15, 0.2) is 0 Å². The molecular formula is C13H15N3OS. The minimum Gasteiger partial charge on any atom is -0.333 e. The van der Waals surface area contributed by atoms with Gasteiger partial charge in [-0.05, 0) is 19.1 Å². The van der Waals surface area contributed by atoms with Crippen molar-refractivity contribution in [3.05, 3.63) is 29.6 Å². The van der Waals surface area contributed by atoms with Gasteiger partial charge < -0.3 is 4.90 Å². The quantitative estimate of drug-likeness (QED) is 0.775. The Morgan fingerprint density at radius 3 is 2.94 bits per heavy atom. The van der Waals surface area contributed by atoms with Crippen molar-refractivity contribution in [1.29, 1.82) is 5.26 Å². The van der Waals surface area contributed by atoms with Crippen molar-refractivity contribution in [2.45, 2.75) is 25.1 Å². The first-order valence-corrected chi connectivity index (χ1v) is 6.97. The lowest BCUT2D eigenvalue weighted by Gasteiger charge is -2.37. The summed E-state index contributed by atoms with van der Waals surface area (Å²) in [5.74, 6) is 0.923. The Kier molecular flexibility index (Phi) is 3.87. The summed E-state index contributed by atoms with van der Waals surface area (Å²) in [6.07, 6.45) is 1.44. The van der Waals surface area contributed by atoms with Crippen molar-refractivity contribution in [3.63, 3.8) is 0 Å². The predicted octanol–water partition coefficient (Wildman–Crippen LogP) is 1.92. The molecule has 2 atom stereocenters. The van der Waals surface area contributed by atoms with Crippen LogP contribution < -0.4 is 0 Å². The summed E-state index contributed by atoms with van der Waals surface area (Å²) in [7, 11) is 0. The van der Waals surface area contributed by atoms with Crippen molar-refractivity contribution >= 4 is 17.7 Å². The number of nitrogens with zero attached hydrogens (tertiary/aromatic N) is 3. The zero-order valence-electron chi connectivity index (χ0n) is 10.5. The molecular weight excluding hydrogens is 246 g/mol. The fraction of sp³-hybridized carbons (Fsp3) is 0.462. The Balaban J connectivity index is 2.17. The summed E-state index contributed by atoms with van der Waals surface area (Å²) >= 11 is 1.89. The van der Waals surface area contributed by atoms with Gasteiger partial charge in [-0.25, -0.2) is 4.98 Å². The van der Waals surface area contributed by atoms with E-state index in [0.717, 1.165) is 12.3 Å². The predicted molar refractivity (Wildman–Crippen MR) is 71.4 cm³/mol. The van der Waals surface area contributed by atoms with Crippen LogP contribution in [0.1, 0.15) is 29.9 Å². The van der Waals surface area contributed by atoms with Gasteiger partial charge in [0.05, 0.1) is 5.56 Å². The molecule has 1 saturated heterocycles. The number of hydrogen-bond acceptors (Lipinski definition) is 4. The van der Waals surface area contributed by atoms with Gasteiger partial charge in [0.2, 0.25) is 0 Å². The molecule has 0 saturated carbocycles. The molecule has 1 aliphatic heterocycles. The minimum atomic E-state index is -0.0425. The van der Waals surface area contributed by atoms with E-state index in [1.54, 1.807) is 12.1 Å². The van der Waals surface area contributed by atoms with Crippen LogP contribution in [0.25, 0.3) is 0 Å². The lowest BCUT2D eigenvalue weighted by molar-refractivity contribution is 0.0692. The van der Waals surface area contributed by atoms with E-state index in [9.17, 15) is 4.79 Å². The Morgan fingerprint density at radius 1 is 1.56 bits per heavy atom. The SMILES string of the molecule is CC1SCCN(C(=O)c2ccc(C#N)cn2)C1C. The van der Waals surface area contributed by atoms with E-state index in [1.165, 1.54) is 6.20 Å². The smallest absolute Gasteiger partial charge is 0.272 e. The summed E-state index contributed by atoms with van der Waals surface area (Å²) < 4.78 is 0. The number of thioether (sulfide) groups is 1. The second kappa shape index (κ2) is 5.40. The molecule has 0 aromatic carbocycles. The average molecular weight is 261 g/mol. The third-order valence-electron chi connectivity index (χ3n) is 3.26. The number of aromatic nitrogens is 1. The summed E-state index contributed by atoms with van der Waals surface area (Å²) in [6, 6.07) is 5.47. The first kappa shape index (κ1) is 12.9. The summed E-state index contributed by atoms with van der Waals surface area (Å²) in [6.45, 7) is 4.97. The third kappa shape index (κ3) is 2.49. The maximum atomic E-state index is 12.3. The monoisotopic (exact) mass is 261 g/mol. The zero-order chi connectivity index (χ0) is 13.1. The van der Waals surface area contributed by atoms with Gasteiger partial charge in [-0.2, -0.15) is 17.0 Å². The molecule has 1 aliphatic rings. The molecule has 0 N–H and O–H groups in total. The van der Waals surface area contributed by atoms with E-state index in [1.807, 2.05) is 22.7 Å². The molecule has 0 radical (unpaired) electrons. The number of hydrogen-bond donors (Lipinski definition) is 0. The van der Waals surface area contributed by atoms with Crippen LogP contribution in [0.5, 0.6) is 0 Å². The lowest BCUT2D eigenvalue weighted by atomic mass is 10.1. The number of pyridine rings is 1. The molecule has 0 bridgehead atoms. The van der Waals surface area contributed by atoms with E-state index in [2.05, 4.69) is 18.8 Å². The minimum absolute atomic E-state index is 0.0425. The van der Waals surface area contributed by atoms with Gasteiger partial charge in [0, 0.05) is 29.8 Å². The lowest BCUT2D eigenvalue weighted by Crippen LogP contribution is -2.48.